The molecular formula is C12H22N2O4. The highest BCUT2D eigenvalue weighted by Crippen LogP contribution is 2.18. The topological polar surface area (TPSA) is 59.1 Å². The minimum absolute atomic E-state index is 0.0272. The van der Waals surface area contributed by atoms with Gasteiger partial charge in [-0.25, -0.2) is 0 Å². The van der Waals surface area contributed by atoms with Crippen LogP contribution in [-0.2, 0) is 19.1 Å². The van der Waals surface area contributed by atoms with Crippen molar-refractivity contribution in [2.75, 3.05) is 53.6 Å². The summed E-state index contributed by atoms with van der Waals surface area (Å²) in [6, 6.07) is 0. The maximum atomic E-state index is 12.2. The summed E-state index contributed by atoms with van der Waals surface area (Å²) in [5.74, 6) is 0.0450. The van der Waals surface area contributed by atoms with Crippen molar-refractivity contribution in [1.29, 1.82) is 0 Å². The number of hydrogen-bond acceptors (Lipinski definition) is 4. The molecule has 6 heteroatoms. The first-order chi connectivity index (χ1) is 8.60. The van der Waals surface area contributed by atoms with Crippen molar-refractivity contribution in [1.82, 2.24) is 9.80 Å². The number of carbonyl (C=O) groups is 2. The van der Waals surface area contributed by atoms with Gasteiger partial charge in [0.15, 0.2) is 0 Å². The van der Waals surface area contributed by atoms with Crippen LogP contribution in [0.5, 0.6) is 0 Å². The zero-order valence-electron chi connectivity index (χ0n) is 11.3. The Morgan fingerprint density at radius 1 is 1.17 bits per heavy atom. The van der Waals surface area contributed by atoms with Crippen molar-refractivity contribution < 1.29 is 19.1 Å². The van der Waals surface area contributed by atoms with E-state index in [1.807, 2.05) is 0 Å². The van der Waals surface area contributed by atoms with Gasteiger partial charge in [-0.2, -0.15) is 0 Å². The Hall–Kier alpha value is -1.14. The molecule has 104 valence electrons. The van der Waals surface area contributed by atoms with E-state index in [1.54, 1.807) is 24.0 Å². The summed E-state index contributed by atoms with van der Waals surface area (Å²) in [6.07, 6.45) is 0. The van der Waals surface area contributed by atoms with Gasteiger partial charge in [0.05, 0.1) is 19.1 Å². The lowest BCUT2D eigenvalue weighted by atomic mass is 9.98. The SMILES string of the molecule is COCCN(CCOC)C(=O)C1CN(C(C)=O)C1. The van der Waals surface area contributed by atoms with Gasteiger partial charge in [0.2, 0.25) is 11.8 Å². The third-order valence-electron chi connectivity index (χ3n) is 3.12. The summed E-state index contributed by atoms with van der Waals surface area (Å²) in [7, 11) is 3.22. The fourth-order valence-corrected chi connectivity index (χ4v) is 1.89. The Morgan fingerprint density at radius 3 is 2.06 bits per heavy atom. The minimum atomic E-state index is -0.0670. The van der Waals surface area contributed by atoms with Gasteiger partial charge >= 0.3 is 0 Å². The van der Waals surface area contributed by atoms with Gasteiger partial charge in [-0.05, 0) is 0 Å². The molecule has 1 aliphatic heterocycles. The van der Waals surface area contributed by atoms with Crippen LogP contribution in [0.2, 0.25) is 0 Å². The molecular weight excluding hydrogens is 236 g/mol. The van der Waals surface area contributed by atoms with E-state index >= 15 is 0 Å². The molecule has 1 aliphatic rings. The molecule has 0 aromatic heterocycles. The normalized spacial score (nSPS) is 15.4. The standard InChI is InChI=1S/C12H22N2O4/c1-10(15)14-8-11(9-14)12(16)13(4-6-17-2)5-7-18-3/h11H,4-9H2,1-3H3. The second kappa shape index (κ2) is 7.33. The number of amides is 2. The van der Waals surface area contributed by atoms with Gasteiger partial charge in [0.1, 0.15) is 0 Å². The average Bonchev–Trinajstić information content (AvgIpc) is 2.26. The minimum Gasteiger partial charge on any atom is -0.383 e. The number of hydrogen-bond donors (Lipinski definition) is 0. The number of nitrogens with zero attached hydrogens (tertiary/aromatic N) is 2. The van der Waals surface area contributed by atoms with Gasteiger partial charge in [-0.15, -0.1) is 0 Å². The lowest BCUT2D eigenvalue weighted by Crippen LogP contribution is -2.56. The Bertz CT molecular complexity index is 282. The molecule has 0 aliphatic carbocycles. The van der Waals surface area contributed by atoms with E-state index < -0.39 is 0 Å². The average molecular weight is 258 g/mol. The Labute approximate surface area is 108 Å². The predicted octanol–water partition coefficient (Wildman–Crippen LogP) is -0.414. The first-order valence-corrected chi connectivity index (χ1v) is 6.12. The number of likely N-dealkylation sites (tertiary alicyclic amines) is 1. The summed E-state index contributed by atoms with van der Waals surface area (Å²) in [5, 5.41) is 0. The van der Waals surface area contributed by atoms with Gasteiger partial charge in [-0.3, -0.25) is 9.59 Å². The summed E-state index contributed by atoms with van der Waals surface area (Å²) < 4.78 is 9.99. The molecule has 0 aromatic rings. The fraction of sp³-hybridized carbons (Fsp3) is 0.833. The van der Waals surface area contributed by atoms with Crippen molar-refractivity contribution in [3.63, 3.8) is 0 Å². The molecule has 0 unspecified atom stereocenters. The highest BCUT2D eigenvalue weighted by atomic mass is 16.5. The molecule has 1 saturated heterocycles. The maximum Gasteiger partial charge on any atom is 0.229 e. The van der Waals surface area contributed by atoms with Crippen LogP contribution in [0, 0.1) is 5.92 Å². The number of methoxy groups -OCH3 is 2. The summed E-state index contributed by atoms with van der Waals surface area (Å²) in [5.41, 5.74) is 0. The van der Waals surface area contributed by atoms with Crippen molar-refractivity contribution in [2.45, 2.75) is 6.92 Å². The molecule has 0 atom stereocenters. The zero-order chi connectivity index (χ0) is 13.5. The van der Waals surface area contributed by atoms with Crippen molar-refractivity contribution in [3.8, 4) is 0 Å². The second-order valence-corrected chi connectivity index (χ2v) is 4.43. The molecule has 0 spiro atoms. The van der Waals surface area contributed by atoms with Gasteiger partial charge in [0, 0.05) is 47.3 Å². The van der Waals surface area contributed by atoms with E-state index in [1.165, 1.54) is 6.92 Å². The third-order valence-corrected chi connectivity index (χ3v) is 3.12. The van der Waals surface area contributed by atoms with E-state index in [2.05, 4.69) is 0 Å². The van der Waals surface area contributed by atoms with E-state index in [9.17, 15) is 9.59 Å². The van der Waals surface area contributed by atoms with Crippen molar-refractivity contribution in [3.05, 3.63) is 0 Å². The van der Waals surface area contributed by atoms with Gasteiger partial charge in [-0.1, -0.05) is 0 Å². The van der Waals surface area contributed by atoms with Crippen LogP contribution in [0.3, 0.4) is 0 Å². The van der Waals surface area contributed by atoms with E-state index in [-0.39, 0.29) is 17.7 Å². The summed E-state index contributed by atoms with van der Waals surface area (Å²) in [4.78, 5) is 26.7. The van der Waals surface area contributed by atoms with Crippen LogP contribution >= 0.6 is 0 Å². The third kappa shape index (κ3) is 3.96. The molecule has 18 heavy (non-hydrogen) atoms. The van der Waals surface area contributed by atoms with Crippen LogP contribution in [-0.4, -0.2) is 75.2 Å². The molecule has 0 N–H and O–H groups in total. The van der Waals surface area contributed by atoms with E-state index in [0.717, 1.165) is 0 Å². The monoisotopic (exact) mass is 258 g/mol. The Morgan fingerprint density at radius 2 is 1.67 bits per heavy atom. The summed E-state index contributed by atoms with van der Waals surface area (Å²) in [6.45, 7) is 4.74. The second-order valence-electron chi connectivity index (χ2n) is 4.43. The summed E-state index contributed by atoms with van der Waals surface area (Å²) >= 11 is 0. The Kier molecular flexibility index (Phi) is 6.07. The zero-order valence-corrected chi connectivity index (χ0v) is 11.3. The van der Waals surface area contributed by atoms with Crippen LogP contribution < -0.4 is 0 Å². The highest BCUT2D eigenvalue weighted by molar-refractivity contribution is 5.83. The maximum absolute atomic E-state index is 12.2. The molecule has 1 heterocycles. The van der Waals surface area contributed by atoms with E-state index in [0.29, 0.717) is 39.4 Å². The lowest BCUT2D eigenvalue weighted by Gasteiger charge is -2.40. The van der Waals surface area contributed by atoms with Crippen molar-refractivity contribution in [2.24, 2.45) is 5.92 Å². The quantitative estimate of drug-likeness (QED) is 0.622. The lowest BCUT2D eigenvalue weighted by molar-refractivity contribution is -0.148. The fourth-order valence-electron chi connectivity index (χ4n) is 1.89. The van der Waals surface area contributed by atoms with Gasteiger partial charge < -0.3 is 19.3 Å². The number of rotatable bonds is 7. The van der Waals surface area contributed by atoms with Crippen LogP contribution in [0.15, 0.2) is 0 Å². The number of carbonyl (C=O) groups excluding carboxylic acids is 2. The smallest absolute Gasteiger partial charge is 0.229 e. The predicted molar refractivity (Wildman–Crippen MR) is 66.1 cm³/mol. The van der Waals surface area contributed by atoms with Crippen LogP contribution in [0.4, 0.5) is 0 Å². The molecule has 0 bridgehead atoms. The highest BCUT2D eigenvalue weighted by Gasteiger charge is 2.36. The number of ether oxygens (including phenoxy) is 2. The Balaban J connectivity index is 2.41. The van der Waals surface area contributed by atoms with Crippen LogP contribution in [0.25, 0.3) is 0 Å². The van der Waals surface area contributed by atoms with Crippen LogP contribution in [0.1, 0.15) is 6.92 Å². The molecule has 0 saturated carbocycles. The molecule has 6 nitrogen and oxygen atoms in total. The van der Waals surface area contributed by atoms with Gasteiger partial charge in [0.25, 0.3) is 0 Å². The first kappa shape index (κ1) is 14.9. The van der Waals surface area contributed by atoms with E-state index in [4.69, 9.17) is 9.47 Å². The largest absolute Gasteiger partial charge is 0.383 e. The molecule has 2 amide bonds. The molecule has 0 aromatic carbocycles. The molecule has 1 rings (SSSR count). The molecule has 1 fully saturated rings. The van der Waals surface area contributed by atoms with Crippen molar-refractivity contribution >= 4 is 11.8 Å². The molecule has 0 radical (unpaired) electrons. The first-order valence-electron chi connectivity index (χ1n) is 6.12.